The van der Waals surface area contributed by atoms with Gasteiger partial charge in [-0.2, -0.15) is 0 Å². The largest absolute Gasteiger partial charge is 0.375 e. The number of nitrogens with zero attached hydrogens (tertiary/aromatic N) is 1. The SMILES string of the molecule is CC1CN(C(=O)NCc2ccc(C3CC3)cc2)CC2(CCOC2C)O1. The molecule has 0 bridgehead atoms. The van der Waals surface area contributed by atoms with E-state index in [1.165, 1.54) is 18.4 Å². The van der Waals surface area contributed by atoms with Crippen LogP contribution in [0, 0.1) is 0 Å². The number of morpholine rings is 1. The van der Waals surface area contributed by atoms with E-state index in [1.807, 2.05) is 18.7 Å². The van der Waals surface area contributed by atoms with Crippen LogP contribution in [0.3, 0.4) is 0 Å². The van der Waals surface area contributed by atoms with Gasteiger partial charge in [-0.1, -0.05) is 24.3 Å². The van der Waals surface area contributed by atoms with E-state index >= 15 is 0 Å². The Bertz CT molecular complexity index is 628. The Morgan fingerprint density at radius 1 is 1.28 bits per heavy atom. The topological polar surface area (TPSA) is 50.8 Å². The smallest absolute Gasteiger partial charge is 0.317 e. The number of ether oxygens (including phenoxy) is 2. The van der Waals surface area contributed by atoms with Crippen LogP contribution in [-0.4, -0.2) is 48.4 Å². The van der Waals surface area contributed by atoms with E-state index in [2.05, 4.69) is 29.6 Å². The summed E-state index contributed by atoms with van der Waals surface area (Å²) in [6.07, 6.45) is 3.54. The van der Waals surface area contributed by atoms with Crippen molar-refractivity contribution >= 4 is 6.03 Å². The van der Waals surface area contributed by atoms with Crippen LogP contribution in [0.5, 0.6) is 0 Å². The van der Waals surface area contributed by atoms with Crippen LogP contribution in [0.25, 0.3) is 0 Å². The molecule has 25 heavy (non-hydrogen) atoms. The molecule has 1 aromatic rings. The summed E-state index contributed by atoms with van der Waals surface area (Å²) in [4.78, 5) is 14.6. The molecule has 2 amide bonds. The molecule has 5 heteroatoms. The highest BCUT2D eigenvalue weighted by molar-refractivity contribution is 5.74. The number of carbonyl (C=O) groups is 1. The normalized spacial score (nSPS) is 32.2. The highest BCUT2D eigenvalue weighted by Gasteiger charge is 2.48. The monoisotopic (exact) mass is 344 g/mol. The van der Waals surface area contributed by atoms with Crippen LogP contribution in [0.4, 0.5) is 4.79 Å². The fourth-order valence-electron chi connectivity index (χ4n) is 4.07. The summed E-state index contributed by atoms with van der Waals surface area (Å²) in [6.45, 7) is 6.57. The molecule has 3 aliphatic rings. The molecule has 2 heterocycles. The number of benzene rings is 1. The number of nitrogens with one attached hydrogen (secondary N) is 1. The summed E-state index contributed by atoms with van der Waals surface area (Å²) in [5.74, 6) is 0.769. The highest BCUT2D eigenvalue weighted by atomic mass is 16.6. The molecular formula is C20H28N2O3. The predicted molar refractivity (Wildman–Crippen MR) is 95.5 cm³/mol. The maximum Gasteiger partial charge on any atom is 0.317 e. The molecule has 2 saturated heterocycles. The summed E-state index contributed by atoms with van der Waals surface area (Å²) in [6, 6.07) is 8.64. The van der Waals surface area contributed by atoms with E-state index in [9.17, 15) is 4.79 Å². The van der Waals surface area contributed by atoms with Gasteiger partial charge in [-0.3, -0.25) is 0 Å². The Hall–Kier alpha value is -1.59. The van der Waals surface area contributed by atoms with Crippen LogP contribution < -0.4 is 5.32 Å². The molecule has 1 aliphatic carbocycles. The second-order valence-electron chi connectivity index (χ2n) is 7.81. The minimum Gasteiger partial charge on any atom is -0.375 e. The second-order valence-corrected chi connectivity index (χ2v) is 7.81. The predicted octanol–water partition coefficient (Wildman–Crippen LogP) is 3.04. The Morgan fingerprint density at radius 2 is 2.04 bits per heavy atom. The van der Waals surface area contributed by atoms with Gasteiger partial charge in [0.2, 0.25) is 0 Å². The molecule has 0 aromatic heterocycles. The second kappa shape index (κ2) is 6.61. The van der Waals surface area contributed by atoms with E-state index < -0.39 is 0 Å². The lowest BCUT2D eigenvalue weighted by molar-refractivity contribution is -0.159. The summed E-state index contributed by atoms with van der Waals surface area (Å²) < 4.78 is 11.9. The zero-order valence-corrected chi connectivity index (χ0v) is 15.2. The first-order valence-corrected chi connectivity index (χ1v) is 9.47. The Kier molecular flexibility index (Phi) is 4.46. The molecule has 4 rings (SSSR count). The summed E-state index contributed by atoms with van der Waals surface area (Å²) >= 11 is 0. The molecule has 1 aromatic carbocycles. The summed E-state index contributed by atoms with van der Waals surface area (Å²) in [5, 5.41) is 3.07. The third kappa shape index (κ3) is 3.53. The van der Waals surface area contributed by atoms with Gasteiger partial charge in [-0.15, -0.1) is 0 Å². The molecule has 0 radical (unpaired) electrons. The standard InChI is InChI=1S/C20H28N2O3/c1-14-12-22(13-20(25-14)9-10-24-15(20)2)19(23)21-11-16-3-5-17(6-4-16)18-7-8-18/h3-6,14-15,18H,7-13H2,1-2H3,(H,21,23). The van der Waals surface area contributed by atoms with Crippen LogP contribution in [0.2, 0.25) is 0 Å². The number of hydrogen-bond donors (Lipinski definition) is 1. The van der Waals surface area contributed by atoms with Gasteiger partial charge in [-0.25, -0.2) is 4.79 Å². The van der Waals surface area contributed by atoms with Crippen LogP contribution >= 0.6 is 0 Å². The van der Waals surface area contributed by atoms with Crippen molar-refractivity contribution in [3.05, 3.63) is 35.4 Å². The molecule has 2 aliphatic heterocycles. The van der Waals surface area contributed by atoms with Crippen molar-refractivity contribution in [2.75, 3.05) is 19.7 Å². The van der Waals surface area contributed by atoms with Crippen LogP contribution in [0.1, 0.15) is 50.2 Å². The first-order valence-electron chi connectivity index (χ1n) is 9.47. The third-order valence-corrected chi connectivity index (χ3v) is 5.77. The van der Waals surface area contributed by atoms with Crippen molar-refractivity contribution in [2.24, 2.45) is 0 Å². The molecule has 136 valence electrons. The number of hydrogen-bond acceptors (Lipinski definition) is 3. The van der Waals surface area contributed by atoms with Crippen LogP contribution in [0.15, 0.2) is 24.3 Å². The Labute approximate surface area is 149 Å². The lowest BCUT2D eigenvalue weighted by atomic mass is 9.93. The van der Waals surface area contributed by atoms with Gasteiger partial charge < -0.3 is 19.7 Å². The van der Waals surface area contributed by atoms with Gasteiger partial charge in [0.25, 0.3) is 0 Å². The fraction of sp³-hybridized carbons (Fsp3) is 0.650. The number of urea groups is 1. The highest BCUT2D eigenvalue weighted by Crippen LogP contribution is 2.40. The van der Waals surface area contributed by atoms with Crippen LogP contribution in [-0.2, 0) is 16.0 Å². The lowest BCUT2D eigenvalue weighted by Crippen LogP contribution is -2.60. The quantitative estimate of drug-likeness (QED) is 0.917. The zero-order chi connectivity index (χ0) is 17.4. The average Bonchev–Trinajstić information content (AvgIpc) is 3.39. The van der Waals surface area contributed by atoms with Gasteiger partial charge in [-0.05, 0) is 43.7 Å². The minimum atomic E-state index is -0.346. The van der Waals surface area contributed by atoms with Gasteiger partial charge in [0.15, 0.2) is 0 Å². The van der Waals surface area contributed by atoms with Gasteiger partial charge in [0, 0.05) is 26.1 Å². The van der Waals surface area contributed by atoms with Crippen molar-refractivity contribution < 1.29 is 14.3 Å². The van der Waals surface area contributed by atoms with E-state index in [-0.39, 0.29) is 23.8 Å². The van der Waals surface area contributed by atoms with E-state index in [0.717, 1.165) is 17.9 Å². The maximum atomic E-state index is 12.7. The number of carbonyl (C=O) groups excluding carboxylic acids is 1. The number of rotatable bonds is 3. The lowest BCUT2D eigenvalue weighted by Gasteiger charge is -2.45. The van der Waals surface area contributed by atoms with Crippen molar-refractivity contribution in [3.8, 4) is 0 Å². The van der Waals surface area contributed by atoms with Crippen molar-refractivity contribution in [1.82, 2.24) is 10.2 Å². The zero-order valence-electron chi connectivity index (χ0n) is 15.2. The van der Waals surface area contributed by atoms with E-state index in [1.54, 1.807) is 0 Å². The molecule has 1 spiro atoms. The fourth-order valence-corrected chi connectivity index (χ4v) is 4.07. The third-order valence-electron chi connectivity index (χ3n) is 5.77. The summed E-state index contributed by atoms with van der Waals surface area (Å²) in [7, 11) is 0. The van der Waals surface area contributed by atoms with Crippen molar-refractivity contribution in [2.45, 2.75) is 63.4 Å². The first kappa shape index (κ1) is 16.9. The van der Waals surface area contributed by atoms with E-state index in [4.69, 9.17) is 9.47 Å². The molecule has 3 atom stereocenters. The van der Waals surface area contributed by atoms with Crippen molar-refractivity contribution in [3.63, 3.8) is 0 Å². The molecular weight excluding hydrogens is 316 g/mol. The summed E-state index contributed by atoms with van der Waals surface area (Å²) in [5.41, 5.74) is 2.22. The molecule has 1 N–H and O–H groups in total. The molecule has 3 fully saturated rings. The van der Waals surface area contributed by atoms with Gasteiger partial charge >= 0.3 is 6.03 Å². The Morgan fingerprint density at radius 3 is 2.68 bits per heavy atom. The first-order chi connectivity index (χ1) is 12.1. The van der Waals surface area contributed by atoms with E-state index in [0.29, 0.717) is 26.2 Å². The molecule has 3 unspecified atom stereocenters. The average molecular weight is 344 g/mol. The maximum absolute atomic E-state index is 12.7. The minimum absolute atomic E-state index is 0.0140. The van der Waals surface area contributed by atoms with Crippen molar-refractivity contribution in [1.29, 1.82) is 0 Å². The van der Waals surface area contributed by atoms with Gasteiger partial charge in [0.1, 0.15) is 5.60 Å². The number of amides is 2. The Balaban J connectivity index is 1.35. The molecule has 1 saturated carbocycles. The van der Waals surface area contributed by atoms with Gasteiger partial charge in [0.05, 0.1) is 18.8 Å². The molecule has 5 nitrogen and oxygen atoms in total.